The zero-order chi connectivity index (χ0) is 19.5. The molecule has 0 atom stereocenters. The number of nitrogens with one attached hydrogen (secondary N) is 2. The fourth-order valence-corrected chi connectivity index (χ4v) is 3.05. The van der Waals surface area contributed by atoms with E-state index in [1.54, 1.807) is 18.8 Å². The van der Waals surface area contributed by atoms with Crippen molar-refractivity contribution in [2.24, 2.45) is 4.99 Å². The van der Waals surface area contributed by atoms with E-state index in [4.69, 9.17) is 0 Å². The van der Waals surface area contributed by atoms with Crippen LogP contribution in [0.4, 0.5) is 0 Å². The first-order valence-corrected chi connectivity index (χ1v) is 10.2. The molecule has 0 saturated carbocycles. The van der Waals surface area contributed by atoms with Gasteiger partial charge in [0, 0.05) is 44.2 Å². The van der Waals surface area contributed by atoms with Gasteiger partial charge in [0.05, 0.1) is 0 Å². The summed E-state index contributed by atoms with van der Waals surface area (Å²) in [5.41, 5.74) is 1.93. The van der Waals surface area contributed by atoms with Crippen molar-refractivity contribution < 1.29 is 4.79 Å². The smallest absolute Gasteiger partial charge is 0.251 e. The molecule has 1 amide bonds. The molecule has 2 aromatic carbocycles. The van der Waals surface area contributed by atoms with E-state index in [1.165, 1.54) is 10.5 Å². The molecule has 2 rings (SSSR count). The Morgan fingerprint density at radius 1 is 1.04 bits per heavy atom. The van der Waals surface area contributed by atoms with E-state index < -0.39 is 0 Å². The molecule has 2 N–H and O–H groups in total. The molecule has 0 bridgehead atoms. The zero-order valence-electron chi connectivity index (χ0n) is 16.6. The minimum Gasteiger partial charge on any atom is -0.356 e. The number of thioether (sulfide) groups is 1. The van der Waals surface area contributed by atoms with Gasteiger partial charge in [-0.25, -0.2) is 0 Å². The topological polar surface area (TPSA) is 56.7 Å². The van der Waals surface area contributed by atoms with Crippen molar-refractivity contribution in [3.8, 4) is 0 Å². The van der Waals surface area contributed by atoms with Gasteiger partial charge in [-0.3, -0.25) is 9.79 Å². The molecule has 7 heteroatoms. The van der Waals surface area contributed by atoms with E-state index in [-0.39, 0.29) is 29.9 Å². The highest BCUT2D eigenvalue weighted by Crippen LogP contribution is 2.15. The van der Waals surface area contributed by atoms with Crippen molar-refractivity contribution >= 4 is 47.6 Å². The van der Waals surface area contributed by atoms with Gasteiger partial charge in [-0.1, -0.05) is 30.3 Å². The predicted octanol–water partition coefficient (Wildman–Crippen LogP) is 3.85. The lowest BCUT2D eigenvalue weighted by Gasteiger charge is -2.22. The van der Waals surface area contributed by atoms with Crippen molar-refractivity contribution in [2.45, 2.75) is 17.9 Å². The van der Waals surface area contributed by atoms with Gasteiger partial charge in [0.25, 0.3) is 5.91 Å². The molecule has 0 aliphatic heterocycles. The van der Waals surface area contributed by atoms with Gasteiger partial charge in [-0.05, 0) is 42.5 Å². The number of amides is 1. The van der Waals surface area contributed by atoms with Gasteiger partial charge in [0.1, 0.15) is 0 Å². The number of benzene rings is 2. The Balaban J connectivity index is 0.00000392. The maximum Gasteiger partial charge on any atom is 0.251 e. The normalized spacial score (nSPS) is 10.8. The third kappa shape index (κ3) is 8.10. The summed E-state index contributed by atoms with van der Waals surface area (Å²) in [6.07, 6.45) is 2.91. The fourth-order valence-electron chi connectivity index (χ4n) is 2.65. The van der Waals surface area contributed by atoms with E-state index in [1.807, 2.05) is 37.4 Å². The summed E-state index contributed by atoms with van der Waals surface area (Å²) in [6.45, 7) is 2.16. The lowest BCUT2D eigenvalue weighted by atomic mass is 10.2. The Morgan fingerprint density at radius 3 is 2.29 bits per heavy atom. The highest BCUT2D eigenvalue weighted by atomic mass is 127. The first-order chi connectivity index (χ1) is 13.1. The van der Waals surface area contributed by atoms with Crippen LogP contribution in [0.15, 0.2) is 64.5 Å². The van der Waals surface area contributed by atoms with Crippen LogP contribution in [0.25, 0.3) is 0 Å². The third-order valence-electron chi connectivity index (χ3n) is 4.11. The molecular weight excluding hydrogens is 483 g/mol. The maximum atomic E-state index is 12.0. The largest absolute Gasteiger partial charge is 0.356 e. The second-order valence-corrected chi connectivity index (χ2v) is 7.03. The molecule has 5 nitrogen and oxygen atoms in total. The van der Waals surface area contributed by atoms with E-state index in [2.05, 4.69) is 51.0 Å². The van der Waals surface area contributed by atoms with E-state index in [0.29, 0.717) is 12.1 Å². The molecule has 0 saturated heterocycles. The third-order valence-corrected chi connectivity index (χ3v) is 4.85. The first-order valence-electron chi connectivity index (χ1n) is 9.02. The summed E-state index contributed by atoms with van der Waals surface area (Å²) < 4.78 is 0. The molecule has 28 heavy (non-hydrogen) atoms. The minimum absolute atomic E-state index is 0. The molecule has 0 heterocycles. The standard InChI is InChI=1S/C21H28N4OS.HI/c1-22-21(25(2)16-17-10-12-19(27-3)13-11-17)24-15-7-14-23-20(26)18-8-5-4-6-9-18;/h4-6,8-13H,7,14-16H2,1-3H3,(H,22,24)(H,23,26);1H. The van der Waals surface area contributed by atoms with E-state index in [9.17, 15) is 4.79 Å². The second-order valence-electron chi connectivity index (χ2n) is 6.15. The number of rotatable bonds is 8. The van der Waals surface area contributed by atoms with Crippen LogP contribution in [0.2, 0.25) is 0 Å². The van der Waals surface area contributed by atoms with Gasteiger partial charge in [0.15, 0.2) is 5.96 Å². The van der Waals surface area contributed by atoms with Crippen LogP contribution in [0.3, 0.4) is 0 Å². The minimum atomic E-state index is -0.0363. The summed E-state index contributed by atoms with van der Waals surface area (Å²) in [6, 6.07) is 17.8. The molecule has 0 aliphatic rings. The van der Waals surface area contributed by atoms with Crippen LogP contribution >= 0.6 is 35.7 Å². The number of nitrogens with zero attached hydrogens (tertiary/aromatic N) is 2. The molecular formula is C21H29IN4OS. The number of guanidine groups is 1. The molecule has 0 radical (unpaired) electrons. The summed E-state index contributed by atoms with van der Waals surface area (Å²) >= 11 is 1.74. The number of carbonyl (C=O) groups excluding carboxylic acids is 1. The Hall–Kier alpha value is -1.74. The second kappa shape index (κ2) is 13.4. The average molecular weight is 512 g/mol. The first kappa shape index (κ1) is 24.3. The summed E-state index contributed by atoms with van der Waals surface area (Å²) in [4.78, 5) is 19.7. The number of aliphatic imine (C=N–C) groups is 1. The molecule has 2 aromatic rings. The quantitative estimate of drug-likeness (QED) is 0.186. The van der Waals surface area contributed by atoms with Crippen LogP contribution in [0.1, 0.15) is 22.3 Å². The van der Waals surface area contributed by atoms with Gasteiger partial charge in [0.2, 0.25) is 0 Å². The average Bonchev–Trinajstić information content (AvgIpc) is 2.71. The van der Waals surface area contributed by atoms with Crippen LogP contribution in [-0.2, 0) is 6.54 Å². The van der Waals surface area contributed by atoms with Gasteiger partial charge in [-0.2, -0.15) is 0 Å². The van der Waals surface area contributed by atoms with Crippen LogP contribution in [0.5, 0.6) is 0 Å². The van der Waals surface area contributed by atoms with Gasteiger partial charge >= 0.3 is 0 Å². The maximum absolute atomic E-state index is 12.0. The van der Waals surface area contributed by atoms with E-state index >= 15 is 0 Å². The Kier molecular flexibility index (Phi) is 11.7. The van der Waals surface area contributed by atoms with Gasteiger partial charge in [-0.15, -0.1) is 35.7 Å². The molecule has 0 aliphatic carbocycles. The Labute approximate surface area is 189 Å². The molecule has 0 fully saturated rings. The van der Waals surface area contributed by atoms with Crippen molar-refractivity contribution in [3.63, 3.8) is 0 Å². The number of hydrogen-bond acceptors (Lipinski definition) is 3. The van der Waals surface area contributed by atoms with Crippen molar-refractivity contribution in [1.82, 2.24) is 15.5 Å². The Morgan fingerprint density at radius 2 is 1.68 bits per heavy atom. The zero-order valence-corrected chi connectivity index (χ0v) is 19.8. The fraction of sp³-hybridized carbons (Fsp3) is 0.333. The van der Waals surface area contributed by atoms with Crippen LogP contribution in [-0.4, -0.2) is 50.2 Å². The van der Waals surface area contributed by atoms with Crippen LogP contribution < -0.4 is 10.6 Å². The number of hydrogen-bond donors (Lipinski definition) is 2. The molecule has 0 aromatic heterocycles. The number of carbonyl (C=O) groups is 1. The van der Waals surface area contributed by atoms with E-state index in [0.717, 1.165) is 25.5 Å². The molecule has 152 valence electrons. The van der Waals surface area contributed by atoms with Crippen molar-refractivity contribution in [3.05, 3.63) is 65.7 Å². The number of halogens is 1. The van der Waals surface area contributed by atoms with Crippen molar-refractivity contribution in [2.75, 3.05) is 33.4 Å². The lowest BCUT2D eigenvalue weighted by molar-refractivity contribution is 0.0953. The monoisotopic (exact) mass is 512 g/mol. The Bertz CT molecular complexity index is 738. The lowest BCUT2D eigenvalue weighted by Crippen LogP contribution is -2.39. The van der Waals surface area contributed by atoms with Gasteiger partial charge < -0.3 is 15.5 Å². The molecule has 0 spiro atoms. The highest BCUT2D eigenvalue weighted by molar-refractivity contribution is 14.0. The molecule has 0 unspecified atom stereocenters. The van der Waals surface area contributed by atoms with Crippen molar-refractivity contribution in [1.29, 1.82) is 0 Å². The summed E-state index contributed by atoms with van der Waals surface area (Å²) in [7, 11) is 3.81. The summed E-state index contributed by atoms with van der Waals surface area (Å²) in [5, 5.41) is 6.28. The summed E-state index contributed by atoms with van der Waals surface area (Å²) in [5.74, 6) is 0.809. The SMILES string of the molecule is CN=C(NCCCNC(=O)c1ccccc1)N(C)Cc1ccc(SC)cc1.I. The highest BCUT2D eigenvalue weighted by Gasteiger charge is 2.07. The predicted molar refractivity (Wildman–Crippen MR) is 130 cm³/mol. The van der Waals surface area contributed by atoms with Crippen LogP contribution in [0, 0.1) is 0 Å².